The van der Waals surface area contributed by atoms with Crippen molar-refractivity contribution in [3.8, 4) is 27.9 Å². The molecule has 45 heavy (non-hydrogen) atoms. The maximum absolute atomic E-state index is 13.0. The highest BCUT2D eigenvalue weighted by Gasteiger charge is 2.25. The number of urea groups is 1. The zero-order valence-electron chi connectivity index (χ0n) is 25.2. The molecule has 5 aromatic rings. The van der Waals surface area contributed by atoms with Gasteiger partial charge < -0.3 is 10.1 Å². The Morgan fingerprint density at radius 3 is 2.42 bits per heavy atom. The van der Waals surface area contributed by atoms with Gasteiger partial charge in [0.25, 0.3) is 0 Å². The summed E-state index contributed by atoms with van der Waals surface area (Å²) in [6.07, 6.45) is 6.15. The lowest BCUT2D eigenvalue weighted by Crippen LogP contribution is -2.23. The zero-order chi connectivity index (χ0) is 31.7. The van der Waals surface area contributed by atoms with Crippen LogP contribution in [0.4, 0.5) is 21.4 Å². The number of nitrogens with one attached hydrogen (secondary N) is 2. The molecule has 230 valence electrons. The van der Waals surface area contributed by atoms with Crippen LogP contribution in [0.15, 0.2) is 67.1 Å². The van der Waals surface area contributed by atoms with Crippen molar-refractivity contribution in [2.45, 2.75) is 46.0 Å². The molecule has 0 radical (unpaired) electrons. The second kappa shape index (κ2) is 12.3. The van der Waals surface area contributed by atoms with Crippen molar-refractivity contribution >= 4 is 51.5 Å². The smallest absolute Gasteiger partial charge is 0.324 e. The number of rotatable bonds is 7. The number of benzene rings is 2. The van der Waals surface area contributed by atoms with Gasteiger partial charge in [-0.2, -0.15) is 5.10 Å². The molecule has 0 unspecified atom stereocenters. The largest absolute Gasteiger partial charge is 0.424 e. The van der Waals surface area contributed by atoms with Gasteiger partial charge in [0.05, 0.1) is 34.3 Å². The van der Waals surface area contributed by atoms with Crippen molar-refractivity contribution in [3.05, 3.63) is 83.4 Å². The van der Waals surface area contributed by atoms with E-state index in [1.54, 1.807) is 21.8 Å². The highest BCUT2D eigenvalue weighted by Crippen LogP contribution is 2.34. The fourth-order valence-corrected chi connectivity index (χ4v) is 5.95. The molecular weight excluding hydrogens is 612 g/mol. The van der Waals surface area contributed by atoms with Crippen LogP contribution in [0.25, 0.3) is 16.1 Å². The summed E-state index contributed by atoms with van der Waals surface area (Å²) in [5.74, 6) is 1.18. The average molecular weight is 643 g/mol. The van der Waals surface area contributed by atoms with Crippen LogP contribution in [0.2, 0.25) is 5.02 Å². The Balaban J connectivity index is 1.09. The number of ether oxygens (including phenoxy) is 1. The molecule has 2 aromatic carbocycles. The second-order valence-corrected chi connectivity index (χ2v) is 13.1. The first-order valence-corrected chi connectivity index (χ1v) is 15.5. The zero-order valence-corrected chi connectivity index (χ0v) is 26.7. The third kappa shape index (κ3) is 6.81. The number of anilines is 3. The van der Waals surface area contributed by atoms with Crippen LogP contribution < -0.4 is 20.3 Å². The number of hydrogen-bond acceptors (Lipinski definition) is 8. The van der Waals surface area contributed by atoms with Crippen molar-refractivity contribution in [2.24, 2.45) is 0 Å². The Morgan fingerprint density at radius 1 is 1.00 bits per heavy atom. The number of thiazole rings is 1. The Bertz CT molecular complexity index is 1860. The van der Waals surface area contributed by atoms with Crippen molar-refractivity contribution < 1.29 is 14.3 Å². The van der Waals surface area contributed by atoms with Crippen LogP contribution in [0, 0.1) is 6.92 Å². The van der Waals surface area contributed by atoms with E-state index in [2.05, 4.69) is 46.4 Å². The van der Waals surface area contributed by atoms with E-state index >= 15 is 0 Å². The van der Waals surface area contributed by atoms with Gasteiger partial charge in [0.2, 0.25) is 5.91 Å². The van der Waals surface area contributed by atoms with Gasteiger partial charge in [-0.25, -0.2) is 24.4 Å². The van der Waals surface area contributed by atoms with Gasteiger partial charge >= 0.3 is 12.0 Å². The molecule has 6 rings (SSSR count). The van der Waals surface area contributed by atoms with E-state index in [1.165, 1.54) is 23.7 Å². The van der Waals surface area contributed by atoms with E-state index in [1.807, 2.05) is 49.4 Å². The molecule has 2 N–H and O–H groups in total. The Kier molecular flexibility index (Phi) is 8.26. The quantitative estimate of drug-likeness (QED) is 0.187. The number of aromatic nitrogens is 5. The van der Waals surface area contributed by atoms with Crippen molar-refractivity contribution in [2.75, 3.05) is 22.1 Å². The number of halogens is 1. The van der Waals surface area contributed by atoms with E-state index in [0.29, 0.717) is 35.2 Å². The summed E-state index contributed by atoms with van der Waals surface area (Å²) in [4.78, 5) is 40.6. The molecule has 4 heterocycles. The molecule has 1 fully saturated rings. The highest BCUT2D eigenvalue weighted by atomic mass is 35.5. The van der Waals surface area contributed by atoms with Crippen LogP contribution in [0.5, 0.6) is 11.8 Å². The molecule has 11 nitrogen and oxygen atoms in total. The van der Waals surface area contributed by atoms with E-state index in [-0.39, 0.29) is 17.3 Å². The third-order valence-corrected chi connectivity index (χ3v) is 8.44. The van der Waals surface area contributed by atoms with Crippen LogP contribution in [0.3, 0.4) is 0 Å². The van der Waals surface area contributed by atoms with Gasteiger partial charge in [0.15, 0.2) is 5.13 Å². The lowest BCUT2D eigenvalue weighted by atomic mass is 9.92. The summed E-state index contributed by atoms with van der Waals surface area (Å²) >= 11 is 7.65. The Labute approximate surface area is 269 Å². The number of amides is 3. The Hall–Kier alpha value is -4.81. The molecule has 13 heteroatoms. The van der Waals surface area contributed by atoms with Gasteiger partial charge in [-0.1, -0.05) is 43.7 Å². The lowest BCUT2D eigenvalue weighted by molar-refractivity contribution is -0.117. The summed E-state index contributed by atoms with van der Waals surface area (Å²) in [5.41, 5.74) is 3.66. The number of aryl methyl sites for hydroxylation is 1. The predicted octanol–water partition coefficient (Wildman–Crippen LogP) is 7.61. The van der Waals surface area contributed by atoms with E-state index in [0.717, 1.165) is 38.9 Å². The highest BCUT2D eigenvalue weighted by molar-refractivity contribution is 7.19. The molecule has 1 aliphatic heterocycles. The molecular formula is C32H31ClN8O3S. The molecule has 3 amide bonds. The van der Waals surface area contributed by atoms with Crippen LogP contribution in [-0.2, 0) is 10.2 Å². The van der Waals surface area contributed by atoms with Crippen LogP contribution in [-0.4, -0.2) is 43.2 Å². The van der Waals surface area contributed by atoms with Gasteiger partial charge in [-0.15, -0.1) is 0 Å². The molecule has 1 saturated heterocycles. The second-order valence-electron chi connectivity index (χ2n) is 11.6. The number of carbonyl (C=O) groups is 2. The van der Waals surface area contributed by atoms with Crippen molar-refractivity contribution in [3.63, 3.8) is 0 Å². The van der Waals surface area contributed by atoms with Gasteiger partial charge in [-0.05, 0) is 66.9 Å². The monoisotopic (exact) mass is 642 g/mol. The molecule has 0 atom stereocenters. The minimum Gasteiger partial charge on any atom is -0.424 e. The number of carbonyl (C=O) groups excluding carboxylic acids is 2. The minimum atomic E-state index is -0.476. The molecule has 0 bridgehead atoms. The summed E-state index contributed by atoms with van der Waals surface area (Å²) in [6, 6.07) is 14.5. The third-order valence-electron chi connectivity index (χ3n) is 7.14. The van der Waals surface area contributed by atoms with Crippen LogP contribution >= 0.6 is 22.9 Å². The SMILES string of the molecule is Cc1cc(Cl)ccc1-n1nc(C(C)(C)C)cc1NC(=O)Nc1cnc(Oc2ccc(-c3cnc(N4CCCC4=O)s3)cc2)nc1. The predicted molar refractivity (Wildman–Crippen MR) is 176 cm³/mol. The van der Waals surface area contributed by atoms with E-state index in [9.17, 15) is 9.59 Å². The standard InChI is InChI=1S/C32H31ClN8O3S/c1-19-14-21(33)9-12-24(19)41-27(15-26(39-41)32(2,3)4)38-29(43)37-22-16-34-30(35-17-22)44-23-10-7-20(8-11-23)25-18-36-31(45-25)40-13-5-6-28(40)42/h7-12,14-18H,5-6,13H2,1-4H3,(H2,37,38,43). The fourth-order valence-electron chi connectivity index (χ4n) is 4.76. The first-order valence-electron chi connectivity index (χ1n) is 14.3. The number of hydrogen-bond donors (Lipinski definition) is 2. The minimum absolute atomic E-state index is 0.118. The maximum atomic E-state index is 13.0. The Morgan fingerprint density at radius 2 is 1.76 bits per heavy atom. The van der Waals surface area contributed by atoms with Gasteiger partial charge in [0.1, 0.15) is 11.6 Å². The normalized spacial score (nSPS) is 13.3. The topological polar surface area (TPSA) is 127 Å². The molecule has 0 spiro atoms. The molecule has 0 saturated carbocycles. The molecule has 0 aliphatic carbocycles. The lowest BCUT2D eigenvalue weighted by Gasteiger charge is -2.14. The summed E-state index contributed by atoms with van der Waals surface area (Å²) in [7, 11) is 0. The average Bonchev–Trinajstić information content (AvgIpc) is 3.75. The van der Waals surface area contributed by atoms with Gasteiger partial charge in [-0.3, -0.25) is 15.0 Å². The van der Waals surface area contributed by atoms with Gasteiger partial charge in [0, 0.05) is 35.7 Å². The summed E-state index contributed by atoms with van der Waals surface area (Å²) in [6.45, 7) is 8.83. The number of nitrogens with zero attached hydrogens (tertiary/aromatic N) is 6. The van der Waals surface area contributed by atoms with E-state index < -0.39 is 6.03 Å². The summed E-state index contributed by atoms with van der Waals surface area (Å²) < 4.78 is 7.51. The molecule has 3 aromatic heterocycles. The summed E-state index contributed by atoms with van der Waals surface area (Å²) in [5, 5.41) is 11.8. The fraction of sp³-hybridized carbons (Fsp3) is 0.250. The first kappa shape index (κ1) is 30.2. The van der Waals surface area contributed by atoms with Crippen molar-refractivity contribution in [1.82, 2.24) is 24.7 Å². The molecule has 1 aliphatic rings. The first-order chi connectivity index (χ1) is 21.5. The van der Waals surface area contributed by atoms with Crippen molar-refractivity contribution in [1.29, 1.82) is 0 Å². The van der Waals surface area contributed by atoms with E-state index in [4.69, 9.17) is 21.4 Å². The van der Waals surface area contributed by atoms with Crippen LogP contribution in [0.1, 0.15) is 44.9 Å². The maximum Gasteiger partial charge on any atom is 0.324 e.